The summed E-state index contributed by atoms with van der Waals surface area (Å²) < 4.78 is 7.50. The molecule has 0 aliphatic heterocycles. The van der Waals surface area contributed by atoms with Crippen LogP contribution < -0.4 is 10.1 Å². The molecule has 1 atom stereocenters. The zero-order chi connectivity index (χ0) is 15.2. The minimum absolute atomic E-state index is 0.0605. The number of hydrogen-bond donors (Lipinski definition) is 1. The van der Waals surface area contributed by atoms with E-state index in [2.05, 4.69) is 42.2 Å². The van der Waals surface area contributed by atoms with Crippen LogP contribution in [0.1, 0.15) is 43.1 Å². The van der Waals surface area contributed by atoms with Gasteiger partial charge in [-0.25, -0.2) is 0 Å². The number of ether oxygens (including phenoxy) is 1. The Hall–Kier alpha value is -1.88. The highest BCUT2D eigenvalue weighted by atomic mass is 16.5. The van der Waals surface area contributed by atoms with Gasteiger partial charge in [-0.3, -0.25) is 9.67 Å². The van der Waals surface area contributed by atoms with E-state index in [0.717, 1.165) is 36.5 Å². The van der Waals surface area contributed by atoms with Crippen LogP contribution in [-0.4, -0.2) is 28.4 Å². The molecule has 2 heterocycles. The maximum atomic E-state index is 5.51. The summed E-state index contributed by atoms with van der Waals surface area (Å²) in [5.41, 5.74) is 3.45. The van der Waals surface area contributed by atoms with Gasteiger partial charge in [-0.2, -0.15) is 5.10 Å². The van der Waals surface area contributed by atoms with Crippen LogP contribution in [0.25, 0.3) is 0 Å². The van der Waals surface area contributed by atoms with Crippen LogP contribution in [0.3, 0.4) is 0 Å². The number of methoxy groups -OCH3 is 1. The van der Waals surface area contributed by atoms with Crippen molar-refractivity contribution in [2.24, 2.45) is 0 Å². The van der Waals surface area contributed by atoms with Gasteiger partial charge < -0.3 is 10.1 Å². The van der Waals surface area contributed by atoms with Crippen molar-refractivity contribution in [1.82, 2.24) is 20.1 Å². The maximum Gasteiger partial charge on any atom is 0.161 e. The fourth-order valence-corrected chi connectivity index (χ4v) is 2.53. The van der Waals surface area contributed by atoms with Crippen LogP contribution in [0, 0.1) is 6.92 Å². The first-order chi connectivity index (χ1) is 10.2. The molecule has 0 saturated carbocycles. The monoisotopic (exact) mass is 288 g/mol. The zero-order valence-electron chi connectivity index (χ0n) is 13.3. The van der Waals surface area contributed by atoms with Crippen LogP contribution in [0.5, 0.6) is 5.75 Å². The Balaban J connectivity index is 2.50. The summed E-state index contributed by atoms with van der Waals surface area (Å²) >= 11 is 0. The number of pyridine rings is 1. The molecule has 0 radical (unpaired) electrons. The summed E-state index contributed by atoms with van der Waals surface area (Å²) in [6.07, 6.45) is 6.59. The van der Waals surface area contributed by atoms with Gasteiger partial charge in [0.1, 0.15) is 5.69 Å². The smallest absolute Gasteiger partial charge is 0.161 e. The molecule has 0 aliphatic rings. The van der Waals surface area contributed by atoms with E-state index < -0.39 is 0 Å². The second kappa shape index (κ2) is 7.22. The molecule has 5 heteroatoms. The molecule has 114 valence electrons. The van der Waals surface area contributed by atoms with Crippen molar-refractivity contribution < 1.29 is 4.74 Å². The molecule has 0 aromatic carbocycles. The van der Waals surface area contributed by atoms with E-state index in [-0.39, 0.29) is 6.04 Å². The average Bonchev–Trinajstić information content (AvgIpc) is 2.92. The van der Waals surface area contributed by atoms with Crippen molar-refractivity contribution in [3.8, 4) is 5.75 Å². The van der Waals surface area contributed by atoms with Gasteiger partial charge in [-0.15, -0.1) is 0 Å². The van der Waals surface area contributed by atoms with Crippen LogP contribution in [0.4, 0.5) is 0 Å². The third-order valence-corrected chi connectivity index (χ3v) is 3.61. The first-order valence-electron chi connectivity index (χ1n) is 7.46. The SMILES string of the molecule is CCCNC(c1ccncc1C)c1c(OC)cnn1CC. The Morgan fingerprint density at radius 1 is 1.33 bits per heavy atom. The second-order valence-electron chi connectivity index (χ2n) is 5.03. The summed E-state index contributed by atoms with van der Waals surface area (Å²) in [6.45, 7) is 8.09. The molecular weight excluding hydrogens is 264 g/mol. The Labute approximate surface area is 126 Å². The Morgan fingerprint density at radius 2 is 2.14 bits per heavy atom. The van der Waals surface area contributed by atoms with Gasteiger partial charge in [0.15, 0.2) is 5.75 Å². The highest BCUT2D eigenvalue weighted by Crippen LogP contribution is 2.31. The average molecular weight is 288 g/mol. The van der Waals surface area contributed by atoms with Gasteiger partial charge in [0.05, 0.1) is 19.3 Å². The van der Waals surface area contributed by atoms with E-state index >= 15 is 0 Å². The summed E-state index contributed by atoms with van der Waals surface area (Å²) in [6, 6.07) is 2.13. The van der Waals surface area contributed by atoms with Crippen LogP contribution in [-0.2, 0) is 6.54 Å². The van der Waals surface area contributed by atoms with Gasteiger partial charge in [0, 0.05) is 18.9 Å². The fraction of sp³-hybridized carbons (Fsp3) is 0.500. The van der Waals surface area contributed by atoms with Gasteiger partial charge in [0.25, 0.3) is 0 Å². The first kappa shape index (κ1) is 15.5. The van der Waals surface area contributed by atoms with Crippen molar-refractivity contribution >= 4 is 0 Å². The molecule has 21 heavy (non-hydrogen) atoms. The highest BCUT2D eigenvalue weighted by Gasteiger charge is 2.24. The zero-order valence-corrected chi connectivity index (χ0v) is 13.3. The molecule has 2 aromatic rings. The van der Waals surface area contributed by atoms with Crippen molar-refractivity contribution in [3.63, 3.8) is 0 Å². The largest absolute Gasteiger partial charge is 0.493 e. The lowest BCUT2D eigenvalue weighted by atomic mass is 10.00. The van der Waals surface area contributed by atoms with E-state index in [1.54, 1.807) is 13.3 Å². The maximum absolute atomic E-state index is 5.51. The van der Waals surface area contributed by atoms with Crippen LogP contribution >= 0.6 is 0 Å². The van der Waals surface area contributed by atoms with Gasteiger partial charge in [0.2, 0.25) is 0 Å². The predicted octanol–water partition coefficient (Wildman–Crippen LogP) is 2.70. The summed E-state index contributed by atoms with van der Waals surface area (Å²) in [7, 11) is 1.69. The predicted molar refractivity (Wildman–Crippen MR) is 83.6 cm³/mol. The third kappa shape index (κ3) is 3.24. The highest BCUT2D eigenvalue weighted by molar-refractivity contribution is 5.38. The molecule has 0 fully saturated rings. The Bertz CT molecular complexity index is 558. The molecule has 2 aromatic heterocycles. The summed E-state index contributed by atoms with van der Waals surface area (Å²) in [5.74, 6) is 0.821. The first-order valence-corrected chi connectivity index (χ1v) is 7.46. The molecule has 0 bridgehead atoms. The molecule has 1 unspecified atom stereocenters. The van der Waals surface area contributed by atoms with Crippen molar-refractivity contribution in [2.45, 2.75) is 39.8 Å². The number of rotatable bonds is 7. The minimum Gasteiger partial charge on any atom is -0.493 e. The van der Waals surface area contributed by atoms with Crippen LogP contribution in [0.15, 0.2) is 24.7 Å². The number of aryl methyl sites for hydroxylation is 2. The molecule has 0 saturated heterocycles. The Kier molecular flexibility index (Phi) is 5.33. The van der Waals surface area contributed by atoms with E-state index in [0.29, 0.717) is 0 Å². The lowest BCUT2D eigenvalue weighted by Gasteiger charge is -2.22. The van der Waals surface area contributed by atoms with Gasteiger partial charge >= 0.3 is 0 Å². The fourth-order valence-electron chi connectivity index (χ4n) is 2.53. The van der Waals surface area contributed by atoms with E-state index in [1.807, 2.05) is 17.1 Å². The normalized spacial score (nSPS) is 12.4. The topological polar surface area (TPSA) is 52.0 Å². The summed E-state index contributed by atoms with van der Waals surface area (Å²) in [5, 5.41) is 8.04. The van der Waals surface area contributed by atoms with Crippen LogP contribution in [0.2, 0.25) is 0 Å². The molecule has 0 aliphatic carbocycles. The molecular formula is C16H24N4O. The standard InChI is InChI=1S/C16H24N4O/c1-5-8-18-15(13-7-9-17-10-12(13)3)16-14(21-4)11-19-20(16)6-2/h7,9-11,15,18H,5-6,8H2,1-4H3. The van der Waals surface area contributed by atoms with Crippen molar-refractivity contribution in [3.05, 3.63) is 41.5 Å². The number of nitrogens with one attached hydrogen (secondary N) is 1. The lowest BCUT2D eigenvalue weighted by Crippen LogP contribution is -2.27. The van der Waals surface area contributed by atoms with Gasteiger partial charge in [-0.05, 0) is 44.0 Å². The molecule has 5 nitrogen and oxygen atoms in total. The number of nitrogens with zero attached hydrogens (tertiary/aromatic N) is 3. The molecule has 0 amide bonds. The van der Waals surface area contributed by atoms with E-state index in [1.165, 1.54) is 5.56 Å². The summed E-state index contributed by atoms with van der Waals surface area (Å²) in [4.78, 5) is 4.19. The molecule has 0 spiro atoms. The quantitative estimate of drug-likeness (QED) is 0.851. The number of hydrogen-bond acceptors (Lipinski definition) is 4. The second-order valence-corrected chi connectivity index (χ2v) is 5.03. The van der Waals surface area contributed by atoms with Crippen molar-refractivity contribution in [1.29, 1.82) is 0 Å². The van der Waals surface area contributed by atoms with E-state index in [9.17, 15) is 0 Å². The van der Waals surface area contributed by atoms with Gasteiger partial charge in [-0.1, -0.05) is 6.92 Å². The number of aromatic nitrogens is 3. The minimum atomic E-state index is 0.0605. The third-order valence-electron chi connectivity index (χ3n) is 3.61. The molecule has 2 rings (SSSR count). The molecule has 1 N–H and O–H groups in total. The Morgan fingerprint density at radius 3 is 2.76 bits per heavy atom. The van der Waals surface area contributed by atoms with E-state index in [4.69, 9.17) is 4.74 Å². The lowest BCUT2D eigenvalue weighted by molar-refractivity contribution is 0.398. The van der Waals surface area contributed by atoms with Crippen molar-refractivity contribution in [2.75, 3.05) is 13.7 Å².